The van der Waals surface area contributed by atoms with Crippen LogP contribution in [0.5, 0.6) is 0 Å². The fourth-order valence-electron chi connectivity index (χ4n) is 1.29. The Labute approximate surface area is 147 Å². The molecule has 12 nitrogen and oxygen atoms in total. The zero-order valence-corrected chi connectivity index (χ0v) is 14.3. The molecular weight excluding hydrogens is 333 g/mol. The molecule has 0 radical (unpaired) electrons. The van der Waals surface area contributed by atoms with E-state index in [2.05, 4.69) is 15.0 Å². The number of aromatic amines is 1. The summed E-state index contributed by atoms with van der Waals surface area (Å²) >= 11 is 0. The summed E-state index contributed by atoms with van der Waals surface area (Å²) in [6.45, 7) is 0.300. The molecule has 2 aromatic rings. The largest absolute Gasteiger partial charge is 1.00 e. The summed E-state index contributed by atoms with van der Waals surface area (Å²) in [7, 11) is -4.67. The first-order chi connectivity index (χ1) is 9.72. The molecule has 0 unspecified atom stereocenters. The van der Waals surface area contributed by atoms with E-state index < -0.39 is 10.4 Å². The van der Waals surface area contributed by atoms with Crippen LogP contribution in [0.3, 0.4) is 0 Å². The van der Waals surface area contributed by atoms with E-state index in [9.17, 15) is 4.79 Å². The molecule has 0 aliphatic heterocycles. The van der Waals surface area contributed by atoms with E-state index in [1.165, 1.54) is 10.9 Å². The SMILES string of the molecule is Nc1nc2c(ncn2COCCO)c(=O)[nH]1.O=S(=O)(O)O.[H-].[Na+]. The van der Waals surface area contributed by atoms with Gasteiger partial charge in [-0.2, -0.15) is 13.4 Å². The van der Waals surface area contributed by atoms with Crippen molar-refractivity contribution >= 4 is 27.5 Å². The Bertz CT molecular complexity index is 756. The van der Waals surface area contributed by atoms with Crippen molar-refractivity contribution in [2.24, 2.45) is 0 Å². The maximum absolute atomic E-state index is 11.4. The average Bonchev–Trinajstić information content (AvgIpc) is 2.71. The van der Waals surface area contributed by atoms with Crippen LogP contribution in [-0.2, 0) is 21.9 Å². The molecule has 22 heavy (non-hydrogen) atoms. The molecule has 0 fully saturated rings. The molecule has 14 heteroatoms. The maximum atomic E-state index is 11.4. The van der Waals surface area contributed by atoms with Gasteiger partial charge in [-0.1, -0.05) is 0 Å². The molecule has 0 aromatic carbocycles. The third-order valence-corrected chi connectivity index (χ3v) is 1.96. The minimum Gasteiger partial charge on any atom is -1.00 e. The van der Waals surface area contributed by atoms with Crippen LogP contribution >= 0.6 is 0 Å². The zero-order chi connectivity index (χ0) is 16.0. The van der Waals surface area contributed by atoms with Gasteiger partial charge in [-0.15, -0.1) is 0 Å². The summed E-state index contributed by atoms with van der Waals surface area (Å²) in [6.07, 6.45) is 1.43. The predicted octanol–water partition coefficient (Wildman–Crippen LogP) is -4.87. The van der Waals surface area contributed by atoms with Gasteiger partial charge < -0.3 is 17.0 Å². The molecule has 0 amide bonds. The van der Waals surface area contributed by atoms with E-state index in [-0.39, 0.29) is 68.0 Å². The molecule has 2 aromatic heterocycles. The van der Waals surface area contributed by atoms with Gasteiger partial charge in [-0.3, -0.25) is 23.5 Å². The summed E-state index contributed by atoms with van der Waals surface area (Å²) in [5, 5.41) is 8.56. The van der Waals surface area contributed by atoms with E-state index >= 15 is 0 Å². The van der Waals surface area contributed by atoms with Gasteiger partial charge in [0.2, 0.25) is 5.95 Å². The number of aromatic nitrogens is 4. The summed E-state index contributed by atoms with van der Waals surface area (Å²) in [5.74, 6) is 0.0291. The molecule has 0 bridgehead atoms. The Morgan fingerprint density at radius 2 is 2.05 bits per heavy atom. The second kappa shape index (κ2) is 9.16. The second-order valence-electron chi connectivity index (χ2n) is 3.55. The van der Waals surface area contributed by atoms with Crippen molar-refractivity contribution in [3.8, 4) is 0 Å². The fourth-order valence-corrected chi connectivity index (χ4v) is 1.29. The van der Waals surface area contributed by atoms with Gasteiger partial charge in [0.05, 0.1) is 19.5 Å². The van der Waals surface area contributed by atoms with Gasteiger partial charge in [0.1, 0.15) is 6.73 Å². The number of hydrogen-bond acceptors (Lipinski definition) is 8. The van der Waals surface area contributed by atoms with E-state index in [1.807, 2.05) is 0 Å². The Balaban J connectivity index is 0. The molecule has 0 spiro atoms. The molecule has 0 aliphatic carbocycles. The number of nitrogens with one attached hydrogen (secondary N) is 1. The third-order valence-electron chi connectivity index (χ3n) is 1.96. The second-order valence-corrected chi connectivity index (χ2v) is 4.44. The number of aliphatic hydroxyl groups excluding tert-OH is 1. The van der Waals surface area contributed by atoms with Gasteiger partial charge in [-0.25, -0.2) is 4.98 Å². The fraction of sp³-hybridized carbons (Fsp3) is 0.375. The minimum absolute atomic E-state index is 0. The van der Waals surface area contributed by atoms with E-state index in [1.54, 1.807) is 0 Å². The summed E-state index contributed by atoms with van der Waals surface area (Å²) in [6, 6.07) is 0. The van der Waals surface area contributed by atoms with Crippen LogP contribution in [0.15, 0.2) is 11.1 Å². The van der Waals surface area contributed by atoms with Crippen molar-refractivity contribution in [3.05, 3.63) is 16.7 Å². The Morgan fingerprint density at radius 3 is 2.59 bits per heavy atom. The first-order valence-corrected chi connectivity index (χ1v) is 6.71. The molecule has 120 valence electrons. The van der Waals surface area contributed by atoms with Crippen LogP contribution in [0.4, 0.5) is 5.95 Å². The van der Waals surface area contributed by atoms with Crippen LogP contribution in [0.2, 0.25) is 0 Å². The van der Waals surface area contributed by atoms with Crippen LogP contribution in [0.1, 0.15) is 1.43 Å². The van der Waals surface area contributed by atoms with Gasteiger partial charge in [0.15, 0.2) is 11.2 Å². The van der Waals surface area contributed by atoms with Crippen LogP contribution in [0.25, 0.3) is 11.2 Å². The Hall–Kier alpha value is -1.06. The summed E-state index contributed by atoms with van der Waals surface area (Å²) in [4.78, 5) is 21.6. The number of hydrogen-bond donors (Lipinski definition) is 5. The number of nitrogen functional groups attached to an aromatic ring is 1. The van der Waals surface area contributed by atoms with Crippen LogP contribution in [-0.4, -0.2) is 55.4 Å². The van der Waals surface area contributed by atoms with Gasteiger partial charge >= 0.3 is 40.0 Å². The zero-order valence-electron chi connectivity index (χ0n) is 12.5. The van der Waals surface area contributed by atoms with Crippen molar-refractivity contribution < 1.29 is 58.4 Å². The van der Waals surface area contributed by atoms with Gasteiger partial charge in [0.25, 0.3) is 5.56 Å². The first kappa shape index (κ1) is 20.9. The molecule has 2 rings (SSSR count). The monoisotopic (exact) mass is 347 g/mol. The quantitative estimate of drug-likeness (QED) is 0.203. The minimum atomic E-state index is -4.67. The number of nitrogens with zero attached hydrogens (tertiary/aromatic N) is 3. The molecular formula is C8H14N5NaO7S. The first-order valence-electron chi connectivity index (χ1n) is 5.31. The number of rotatable bonds is 4. The van der Waals surface area contributed by atoms with E-state index in [4.69, 9.17) is 33.1 Å². The molecule has 6 N–H and O–H groups in total. The smallest absolute Gasteiger partial charge is 1.00 e. The van der Waals surface area contributed by atoms with E-state index in [0.29, 0.717) is 5.65 Å². The maximum Gasteiger partial charge on any atom is 1.00 e. The molecule has 0 saturated carbocycles. The number of ether oxygens (including phenoxy) is 1. The van der Waals surface area contributed by atoms with Crippen molar-refractivity contribution in [2.45, 2.75) is 6.73 Å². The van der Waals surface area contributed by atoms with Crippen molar-refractivity contribution in [2.75, 3.05) is 18.9 Å². The number of nitrogens with two attached hydrogens (primary N) is 1. The number of imidazole rings is 1. The van der Waals surface area contributed by atoms with Crippen molar-refractivity contribution in [1.82, 2.24) is 19.5 Å². The number of H-pyrrole nitrogens is 1. The van der Waals surface area contributed by atoms with Gasteiger partial charge in [0, 0.05) is 0 Å². The summed E-state index contributed by atoms with van der Waals surface area (Å²) in [5.41, 5.74) is 5.60. The predicted molar refractivity (Wildman–Crippen MR) is 70.9 cm³/mol. The van der Waals surface area contributed by atoms with Crippen LogP contribution < -0.4 is 40.9 Å². The summed E-state index contributed by atoms with van der Waals surface area (Å²) < 4.78 is 38.2. The molecule has 0 atom stereocenters. The normalized spacial score (nSPS) is 10.7. The molecule has 2 heterocycles. The van der Waals surface area contributed by atoms with Crippen molar-refractivity contribution in [3.63, 3.8) is 0 Å². The van der Waals surface area contributed by atoms with Crippen LogP contribution in [0, 0.1) is 0 Å². The number of fused-ring (bicyclic) bond motifs is 1. The molecule has 0 saturated heterocycles. The Morgan fingerprint density at radius 1 is 1.45 bits per heavy atom. The molecule has 0 aliphatic rings. The average molecular weight is 347 g/mol. The number of aliphatic hydroxyl groups is 1. The van der Waals surface area contributed by atoms with E-state index in [0.717, 1.165) is 0 Å². The third kappa shape index (κ3) is 7.28. The topological polar surface area (TPSA) is 194 Å². The number of anilines is 1. The Kier molecular flexibility index (Phi) is 8.72. The van der Waals surface area contributed by atoms with Crippen molar-refractivity contribution in [1.29, 1.82) is 0 Å². The van der Waals surface area contributed by atoms with Gasteiger partial charge in [-0.05, 0) is 0 Å². The standard InChI is InChI=1S/C8H11N5O3.Na.H2O4S.H/c9-8-11-6-5(7(15)12-8)10-3-13(6)4-16-2-1-14;;1-5(2,3)4;/h3,14H,1-2,4H2,(H3,9,11,12,15);;(H2,1,2,3,4);/q;+1;;-1.